The lowest BCUT2D eigenvalue weighted by Gasteiger charge is -2.38. The van der Waals surface area contributed by atoms with E-state index in [0.717, 1.165) is 12.8 Å². The molecule has 0 spiro atoms. The Bertz CT molecular complexity index is 1170. The Morgan fingerprint density at radius 3 is 2.19 bits per heavy atom. The van der Waals surface area contributed by atoms with Crippen LogP contribution in [0.3, 0.4) is 0 Å². The topological polar surface area (TPSA) is 166 Å². The number of fused-ring (bicyclic) bond motifs is 1. The molecule has 2 heterocycles. The summed E-state index contributed by atoms with van der Waals surface area (Å²) in [5.74, 6) is -2.88. The minimum atomic E-state index is -1.20. The van der Waals surface area contributed by atoms with Crippen molar-refractivity contribution in [2.75, 3.05) is 19.6 Å². The number of hydrogen-bond acceptors (Lipinski definition) is 6. The van der Waals surface area contributed by atoms with Crippen LogP contribution in [-0.4, -0.2) is 83.6 Å². The van der Waals surface area contributed by atoms with Crippen molar-refractivity contribution in [1.29, 1.82) is 0 Å². The third kappa shape index (κ3) is 7.49. The van der Waals surface area contributed by atoms with Gasteiger partial charge in [0.25, 0.3) is 5.91 Å². The molecule has 2 unspecified atom stereocenters. The van der Waals surface area contributed by atoms with Gasteiger partial charge in [0.15, 0.2) is 0 Å². The smallest absolute Gasteiger partial charge is 0.315 e. The molecule has 43 heavy (non-hydrogen) atoms. The van der Waals surface area contributed by atoms with Crippen LogP contribution in [0.4, 0.5) is 4.79 Å². The maximum Gasteiger partial charge on any atom is 0.315 e. The molecular weight excluding hydrogens is 552 g/mol. The number of piperidine rings is 1. The summed E-state index contributed by atoms with van der Waals surface area (Å²) in [5, 5.41) is 13.9. The first-order chi connectivity index (χ1) is 19.8. The van der Waals surface area contributed by atoms with Crippen molar-refractivity contribution in [3.8, 4) is 0 Å². The zero-order valence-corrected chi connectivity index (χ0v) is 26.9. The number of hydrogen-bond donors (Lipinski definition) is 5. The molecule has 240 valence electrons. The predicted molar refractivity (Wildman–Crippen MR) is 159 cm³/mol. The number of rotatable bonds is 10. The highest BCUT2D eigenvalue weighted by Gasteiger charge is 2.70. The van der Waals surface area contributed by atoms with E-state index in [-0.39, 0.29) is 35.5 Å². The van der Waals surface area contributed by atoms with Gasteiger partial charge in [-0.3, -0.25) is 24.0 Å². The van der Waals surface area contributed by atoms with E-state index in [1.807, 2.05) is 41.5 Å². The van der Waals surface area contributed by atoms with Crippen molar-refractivity contribution in [2.24, 2.45) is 34.5 Å². The molecule has 0 aromatic carbocycles. The number of carbonyl (C=O) groups is 6. The lowest BCUT2D eigenvalue weighted by molar-refractivity contribution is -0.145. The summed E-state index contributed by atoms with van der Waals surface area (Å²) in [6.07, 6.45) is 2.51. The van der Waals surface area contributed by atoms with Gasteiger partial charge >= 0.3 is 6.03 Å². The standard InChI is InChI=1S/C31H50N6O6/c1-29(2,3)23(35-28(43)36-30(4,5)6)27(42)37-15-18-20(31(18,7)8)21(37)25(40)34-19(13-17-11-12-32-24(17)39)22(38)26(41)33-14-16-9-10-16/h16-21,23H,9-15H2,1-8H3,(H,32,39)(H,33,41)(H,34,40)(H2,35,36,43)/t17-,18-,19?,20-,21-,23?/m0/s1. The molecule has 0 aromatic rings. The molecule has 6 amide bonds. The second-order valence-corrected chi connectivity index (χ2v) is 15.6. The summed E-state index contributed by atoms with van der Waals surface area (Å²) in [6, 6.07) is -3.48. The molecule has 2 aliphatic carbocycles. The Kier molecular flexibility index (Phi) is 8.92. The Balaban J connectivity index is 1.55. The number of Topliss-reactive ketones (excluding diaryl/α,β-unsaturated/α-hetero) is 1. The largest absolute Gasteiger partial charge is 0.356 e. The third-order valence-corrected chi connectivity index (χ3v) is 9.43. The van der Waals surface area contributed by atoms with Crippen molar-refractivity contribution in [2.45, 2.75) is 105 Å². The van der Waals surface area contributed by atoms with Gasteiger partial charge in [0.05, 0.1) is 6.04 Å². The molecule has 4 rings (SSSR count). The monoisotopic (exact) mass is 602 g/mol. The van der Waals surface area contributed by atoms with E-state index in [1.54, 1.807) is 0 Å². The Morgan fingerprint density at radius 2 is 1.65 bits per heavy atom. The number of amides is 6. The van der Waals surface area contributed by atoms with Gasteiger partial charge in [-0.1, -0.05) is 34.6 Å². The van der Waals surface area contributed by atoms with Crippen molar-refractivity contribution < 1.29 is 28.8 Å². The fourth-order valence-corrected chi connectivity index (χ4v) is 6.58. The molecule has 5 N–H and O–H groups in total. The van der Waals surface area contributed by atoms with Crippen LogP contribution in [0, 0.1) is 34.5 Å². The van der Waals surface area contributed by atoms with Gasteiger partial charge in [-0.2, -0.15) is 0 Å². The van der Waals surface area contributed by atoms with E-state index in [1.165, 1.54) is 4.90 Å². The van der Waals surface area contributed by atoms with Gasteiger partial charge in [-0.15, -0.1) is 0 Å². The zero-order valence-electron chi connectivity index (χ0n) is 26.9. The van der Waals surface area contributed by atoms with E-state index >= 15 is 0 Å². The average molecular weight is 603 g/mol. The zero-order chi connectivity index (χ0) is 32.1. The molecule has 0 aromatic heterocycles. The van der Waals surface area contributed by atoms with Crippen LogP contribution in [0.1, 0.15) is 81.1 Å². The van der Waals surface area contributed by atoms with Crippen LogP contribution >= 0.6 is 0 Å². The molecular formula is C31H50N6O6. The van der Waals surface area contributed by atoms with Crippen LogP contribution in [-0.2, 0) is 24.0 Å². The van der Waals surface area contributed by atoms with Crippen LogP contribution in [0.25, 0.3) is 0 Å². The van der Waals surface area contributed by atoms with Gasteiger partial charge in [0, 0.05) is 31.1 Å². The van der Waals surface area contributed by atoms with E-state index in [2.05, 4.69) is 40.4 Å². The van der Waals surface area contributed by atoms with Crippen LogP contribution < -0.4 is 26.6 Å². The van der Waals surface area contributed by atoms with Crippen molar-refractivity contribution in [1.82, 2.24) is 31.5 Å². The highest BCUT2D eigenvalue weighted by molar-refractivity contribution is 6.38. The SMILES string of the molecule is CC(C)(C)NC(=O)NC(C(=O)N1C[C@H]2[C@@H]([C@H]1C(=O)NC(C[C@@H]1CCNC1=O)C(=O)C(=O)NCC1CC1)C2(C)C)C(C)(C)C. The highest BCUT2D eigenvalue weighted by atomic mass is 16.2. The molecule has 6 atom stereocenters. The molecule has 2 saturated carbocycles. The maximum absolute atomic E-state index is 14.1. The second-order valence-electron chi connectivity index (χ2n) is 15.6. The van der Waals surface area contributed by atoms with Gasteiger partial charge in [-0.05, 0) is 75.0 Å². The number of carbonyl (C=O) groups excluding carboxylic acids is 6. The summed E-state index contributed by atoms with van der Waals surface area (Å²) in [4.78, 5) is 81.0. The lowest BCUT2D eigenvalue weighted by Crippen LogP contribution is -2.62. The minimum Gasteiger partial charge on any atom is -0.356 e. The summed E-state index contributed by atoms with van der Waals surface area (Å²) < 4.78 is 0. The van der Waals surface area contributed by atoms with Crippen LogP contribution in [0.5, 0.6) is 0 Å². The first-order valence-corrected chi connectivity index (χ1v) is 15.6. The lowest BCUT2D eigenvalue weighted by atomic mass is 9.85. The van der Waals surface area contributed by atoms with E-state index in [9.17, 15) is 28.8 Å². The van der Waals surface area contributed by atoms with Crippen molar-refractivity contribution in [3.05, 3.63) is 0 Å². The molecule has 4 fully saturated rings. The quantitative estimate of drug-likeness (QED) is 0.235. The van der Waals surface area contributed by atoms with Crippen LogP contribution in [0.15, 0.2) is 0 Å². The Hall–Kier alpha value is -3.18. The number of ketones is 1. The van der Waals surface area contributed by atoms with Crippen molar-refractivity contribution in [3.63, 3.8) is 0 Å². The minimum absolute atomic E-state index is 0.00452. The molecule has 0 radical (unpaired) electrons. The third-order valence-electron chi connectivity index (χ3n) is 9.43. The Labute approximate surface area is 254 Å². The number of nitrogens with zero attached hydrogens (tertiary/aromatic N) is 1. The molecule has 12 heteroatoms. The summed E-state index contributed by atoms with van der Waals surface area (Å²) >= 11 is 0. The highest BCUT2D eigenvalue weighted by Crippen LogP contribution is 2.65. The van der Waals surface area contributed by atoms with Crippen molar-refractivity contribution >= 4 is 35.4 Å². The number of likely N-dealkylation sites (tertiary alicyclic amines) is 1. The molecule has 2 aliphatic heterocycles. The number of urea groups is 1. The molecule has 4 aliphatic rings. The summed E-state index contributed by atoms with van der Waals surface area (Å²) in [7, 11) is 0. The summed E-state index contributed by atoms with van der Waals surface area (Å²) in [6.45, 7) is 16.4. The van der Waals surface area contributed by atoms with E-state index < -0.39 is 58.6 Å². The van der Waals surface area contributed by atoms with Gasteiger partial charge in [-0.25, -0.2) is 4.79 Å². The van der Waals surface area contributed by atoms with Gasteiger partial charge in [0.2, 0.25) is 23.5 Å². The fourth-order valence-electron chi connectivity index (χ4n) is 6.58. The molecule has 0 bridgehead atoms. The second kappa shape index (κ2) is 11.7. The van der Waals surface area contributed by atoms with Gasteiger partial charge in [0.1, 0.15) is 12.1 Å². The van der Waals surface area contributed by atoms with Gasteiger partial charge < -0.3 is 31.5 Å². The first-order valence-electron chi connectivity index (χ1n) is 15.6. The fraction of sp³-hybridized carbons (Fsp3) is 0.806. The van der Waals surface area contributed by atoms with E-state index in [0.29, 0.717) is 32.0 Å². The molecule has 2 saturated heterocycles. The average Bonchev–Trinajstić information content (AvgIpc) is 3.67. The first kappa shape index (κ1) is 32.7. The maximum atomic E-state index is 14.1. The molecule has 12 nitrogen and oxygen atoms in total. The number of nitrogens with one attached hydrogen (secondary N) is 5. The van der Waals surface area contributed by atoms with Crippen LogP contribution in [0.2, 0.25) is 0 Å². The predicted octanol–water partition coefficient (Wildman–Crippen LogP) is 1.09. The summed E-state index contributed by atoms with van der Waals surface area (Å²) in [5.41, 5.74) is -1.37. The normalized spacial score (nSPS) is 27.3. The Morgan fingerprint density at radius 1 is 1.00 bits per heavy atom. The van der Waals surface area contributed by atoms with E-state index in [4.69, 9.17) is 0 Å².